The van der Waals surface area contributed by atoms with Crippen LogP contribution in [0, 0.1) is 0 Å². The van der Waals surface area contributed by atoms with E-state index >= 15 is 0 Å². The maximum absolute atomic E-state index is 11.8. The average Bonchev–Trinajstić information content (AvgIpc) is 2.76. The maximum atomic E-state index is 11.8. The number of ether oxygens (including phenoxy) is 1. The van der Waals surface area contributed by atoms with Crippen molar-refractivity contribution in [3.63, 3.8) is 0 Å². The summed E-state index contributed by atoms with van der Waals surface area (Å²) < 4.78 is 6.01. The number of nitrogens with two attached hydrogens (primary N) is 1. The topological polar surface area (TPSA) is 65.2 Å². The minimum atomic E-state index is -0.816. The van der Waals surface area contributed by atoms with Crippen LogP contribution in [0.5, 0.6) is 0 Å². The molecule has 2 atom stereocenters. The van der Waals surface area contributed by atoms with Crippen molar-refractivity contribution < 1.29 is 9.53 Å². The van der Waals surface area contributed by atoms with Crippen LogP contribution in [-0.4, -0.2) is 28.3 Å². The van der Waals surface area contributed by atoms with Gasteiger partial charge in [-0.05, 0) is 54.2 Å². The van der Waals surface area contributed by atoms with E-state index in [1.165, 1.54) is 0 Å². The third-order valence-corrected chi connectivity index (χ3v) is 4.86. The Balaban J connectivity index is 1.94. The largest absolute Gasteiger partial charge is 0.465 e. The van der Waals surface area contributed by atoms with Crippen molar-refractivity contribution in [2.45, 2.75) is 42.0 Å². The van der Waals surface area contributed by atoms with Gasteiger partial charge in [-0.15, -0.1) is 11.8 Å². The molecular weight excluding hydrogens is 328 g/mol. The molecule has 6 heteroatoms. The molecule has 1 saturated carbocycles. The number of hydrogen-bond acceptors (Lipinski definition) is 5. The van der Waals surface area contributed by atoms with Crippen molar-refractivity contribution in [2.24, 2.45) is 5.73 Å². The number of thioether (sulfide) groups is 1. The Hall–Kier alpha value is -0.590. The fourth-order valence-electron chi connectivity index (χ4n) is 2.19. The molecule has 0 radical (unpaired) electrons. The van der Waals surface area contributed by atoms with Gasteiger partial charge in [0.15, 0.2) is 0 Å². The Bertz CT molecular complexity index is 454. The maximum Gasteiger partial charge on any atom is 0.326 e. The molecule has 4 nitrogen and oxygen atoms in total. The second-order valence-electron chi connectivity index (χ2n) is 4.67. The minimum absolute atomic E-state index is 0.276. The second-order valence-corrected chi connectivity index (χ2v) is 6.91. The first-order valence-electron chi connectivity index (χ1n) is 6.28. The standard InChI is InChI=1S/C13H17BrN2O2S/c1-2-18-12(17)13(15)6-5-10(7-13)19-11-4-3-9(14)8-16-11/h3-4,8,10H,2,5-7,15H2,1H3. The van der Waals surface area contributed by atoms with Crippen LogP contribution in [0.1, 0.15) is 26.2 Å². The van der Waals surface area contributed by atoms with Crippen molar-refractivity contribution in [1.29, 1.82) is 0 Å². The molecule has 0 aliphatic heterocycles. The van der Waals surface area contributed by atoms with Crippen LogP contribution in [-0.2, 0) is 9.53 Å². The van der Waals surface area contributed by atoms with E-state index < -0.39 is 5.54 Å². The molecule has 19 heavy (non-hydrogen) atoms. The van der Waals surface area contributed by atoms with E-state index in [9.17, 15) is 4.79 Å². The molecule has 1 aliphatic rings. The summed E-state index contributed by atoms with van der Waals surface area (Å²) in [4.78, 5) is 16.2. The lowest BCUT2D eigenvalue weighted by Gasteiger charge is -2.21. The van der Waals surface area contributed by atoms with Gasteiger partial charge in [0.1, 0.15) is 5.54 Å². The fraction of sp³-hybridized carbons (Fsp3) is 0.538. The highest BCUT2D eigenvalue weighted by Crippen LogP contribution is 2.39. The van der Waals surface area contributed by atoms with Crippen molar-refractivity contribution >= 4 is 33.7 Å². The molecule has 0 amide bonds. The predicted molar refractivity (Wildman–Crippen MR) is 79.0 cm³/mol. The monoisotopic (exact) mass is 344 g/mol. The van der Waals surface area contributed by atoms with Gasteiger partial charge in [0.05, 0.1) is 11.6 Å². The zero-order valence-corrected chi connectivity index (χ0v) is 13.2. The quantitative estimate of drug-likeness (QED) is 0.850. The van der Waals surface area contributed by atoms with E-state index in [1.54, 1.807) is 24.9 Å². The lowest BCUT2D eigenvalue weighted by atomic mass is 10.00. The summed E-state index contributed by atoms with van der Waals surface area (Å²) in [6.45, 7) is 2.18. The third-order valence-electron chi connectivity index (χ3n) is 3.17. The molecule has 1 aromatic rings. The van der Waals surface area contributed by atoms with Gasteiger partial charge in [-0.3, -0.25) is 4.79 Å². The van der Waals surface area contributed by atoms with Gasteiger partial charge >= 0.3 is 5.97 Å². The van der Waals surface area contributed by atoms with Gasteiger partial charge in [0.2, 0.25) is 0 Å². The summed E-state index contributed by atoms with van der Waals surface area (Å²) in [5.41, 5.74) is 5.32. The number of hydrogen-bond donors (Lipinski definition) is 1. The van der Waals surface area contributed by atoms with Gasteiger partial charge in [0.25, 0.3) is 0 Å². The van der Waals surface area contributed by atoms with E-state index in [0.29, 0.717) is 24.7 Å². The summed E-state index contributed by atoms with van der Waals surface area (Å²) in [6, 6.07) is 3.93. The highest BCUT2D eigenvalue weighted by Gasteiger charge is 2.43. The van der Waals surface area contributed by atoms with Crippen LogP contribution >= 0.6 is 27.7 Å². The molecule has 1 heterocycles. The predicted octanol–water partition coefficient (Wildman–Crippen LogP) is 2.75. The molecule has 2 unspecified atom stereocenters. The molecule has 0 bridgehead atoms. The summed E-state index contributed by atoms with van der Waals surface area (Å²) in [6.07, 6.45) is 4.02. The van der Waals surface area contributed by atoms with Crippen LogP contribution in [0.4, 0.5) is 0 Å². The lowest BCUT2D eigenvalue weighted by Crippen LogP contribution is -2.47. The Labute approximate surface area is 125 Å². The number of pyridine rings is 1. The number of halogens is 1. The summed E-state index contributed by atoms with van der Waals surface area (Å²) in [5.74, 6) is -0.276. The van der Waals surface area contributed by atoms with E-state index in [0.717, 1.165) is 15.9 Å². The summed E-state index contributed by atoms with van der Waals surface area (Å²) >= 11 is 5.04. The molecule has 1 aliphatic carbocycles. The summed E-state index contributed by atoms with van der Waals surface area (Å²) in [7, 11) is 0. The SMILES string of the molecule is CCOC(=O)C1(N)CCC(Sc2ccc(Br)cn2)C1. The van der Waals surface area contributed by atoms with Crippen LogP contribution in [0.2, 0.25) is 0 Å². The van der Waals surface area contributed by atoms with Crippen molar-refractivity contribution in [2.75, 3.05) is 6.61 Å². The number of esters is 1. The minimum Gasteiger partial charge on any atom is -0.465 e. The van der Waals surface area contributed by atoms with Gasteiger partial charge in [0, 0.05) is 15.9 Å². The Morgan fingerprint density at radius 3 is 3.11 bits per heavy atom. The first kappa shape index (κ1) is 14.8. The Morgan fingerprint density at radius 1 is 1.68 bits per heavy atom. The number of carbonyl (C=O) groups is 1. The van der Waals surface area contributed by atoms with Gasteiger partial charge in [-0.1, -0.05) is 0 Å². The van der Waals surface area contributed by atoms with Crippen LogP contribution in [0.25, 0.3) is 0 Å². The Kier molecular flexibility index (Phi) is 4.86. The second kappa shape index (κ2) is 6.24. The molecule has 1 fully saturated rings. The number of carbonyl (C=O) groups excluding carboxylic acids is 1. The molecule has 0 saturated heterocycles. The number of aromatic nitrogens is 1. The summed E-state index contributed by atoms with van der Waals surface area (Å²) in [5, 5.41) is 1.28. The zero-order valence-electron chi connectivity index (χ0n) is 10.8. The van der Waals surface area contributed by atoms with Crippen LogP contribution < -0.4 is 5.73 Å². The lowest BCUT2D eigenvalue weighted by molar-refractivity contribution is -0.149. The van der Waals surface area contributed by atoms with Gasteiger partial charge in [-0.2, -0.15) is 0 Å². The number of rotatable bonds is 4. The molecule has 2 rings (SSSR count). The number of nitrogens with zero attached hydrogens (tertiary/aromatic N) is 1. The molecular formula is C13H17BrN2O2S. The van der Waals surface area contributed by atoms with E-state index in [4.69, 9.17) is 10.5 Å². The third kappa shape index (κ3) is 3.70. The van der Waals surface area contributed by atoms with Crippen molar-refractivity contribution in [3.05, 3.63) is 22.8 Å². The van der Waals surface area contributed by atoms with Crippen molar-refractivity contribution in [1.82, 2.24) is 4.98 Å². The highest BCUT2D eigenvalue weighted by atomic mass is 79.9. The van der Waals surface area contributed by atoms with E-state index in [-0.39, 0.29) is 5.97 Å². The first-order valence-corrected chi connectivity index (χ1v) is 7.95. The average molecular weight is 345 g/mol. The zero-order chi connectivity index (χ0) is 13.9. The van der Waals surface area contributed by atoms with E-state index in [1.807, 2.05) is 12.1 Å². The molecule has 2 N–H and O–H groups in total. The van der Waals surface area contributed by atoms with E-state index in [2.05, 4.69) is 20.9 Å². The normalized spacial score (nSPS) is 26.4. The highest BCUT2D eigenvalue weighted by molar-refractivity contribution is 9.10. The first-order chi connectivity index (χ1) is 9.03. The molecule has 0 aromatic carbocycles. The Morgan fingerprint density at radius 2 is 2.47 bits per heavy atom. The van der Waals surface area contributed by atoms with Crippen LogP contribution in [0.3, 0.4) is 0 Å². The fourth-order valence-corrected chi connectivity index (χ4v) is 3.65. The van der Waals surface area contributed by atoms with Gasteiger partial charge < -0.3 is 10.5 Å². The van der Waals surface area contributed by atoms with Crippen molar-refractivity contribution in [3.8, 4) is 0 Å². The molecule has 0 spiro atoms. The smallest absolute Gasteiger partial charge is 0.326 e. The molecule has 104 valence electrons. The van der Waals surface area contributed by atoms with Gasteiger partial charge in [-0.25, -0.2) is 4.98 Å². The van der Waals surface area contributed by atoms with Crippen LogP contribution in [0.15, 0.2) is 27.8 Å². The molecule has 1 aromatic heterocycles.